The Labute approximate surface area is 117 Å². The largest absolute Gasteiger partial charge is 0.453 e. The Morgan fingerprint density at radius 2 is 1.76 bits per heavy atom. The van der Waals surface area contributed by atoms with Gasteiger partial charge in [0.2, 0.25) is 0 Å². The Morgan fingerprint density at radius 3 is 2.33 bits per heavy atom. The second-order valence-corrected chi connectivity index (χ2v) is 3.94. The van der Waals surface area contributed by atoms with E-state index in [0.717, 1.165) is 12.1 Å². The van der Waals surface area contributed by atoms with E-state index in [1.54, 1.807) is 6.07 Å². The third kappa shape index (κ3) is 4.44. The molecule has 0 aliphatic rings. The SMILES string of the molecule is O=C(COc1ncccn1)Nc1ccc(C(F)(F)F)cc1. The van der Waals surface area contributed by atoms with Gasteiger partial charge in [0.15, 0.2) is 6.61 Å². The van der Waals surface area contributed by atoms with Gasteiger partial charge >= 0.3 is 12.2 Å². The molecule has 0 fully saturated rings. The maximum Gasteiger partial charge on any atom is 0.416 e. The first kappa shape index (κ1) is 14.8. The number of ether oxygens (including phenoxy) is 1. The molecule has 1 aromatic heterocycles. The van der Waals surface area contributed by atoms with Crippen LogP contribution in [0.3, 0.4) is 0 Å². The molecule has 8 heteroatoms. The molecule has 0 aliphatic carbocycles. The maximum atomic E-state index is 12.4. The summed E-state index contributed by atoms with van der Waals surface area (Å²) in [6, 6.07) is 5.74. The number of halogens is 3. The van der Waals surface area contributed by atoms with Crippen LogP contribution in [0.5, 0.6) is 6.01 Å². The van der Waals surface area contributed by atoms with E-state index < -0.39 is 17.6 Å². The lowest BCUT2D eigenvalue weighted by atomic mass is 10.2. The van der Waals surface area contributed by atoms with Crippen LogP contribution in [-0.4, -0.2) is 22.5 Å². The van der Waals surface area contributed by atoms with Gasteiger partial charge in [-0.2, -0.15) is 13.2 Å². The summed E-state index contributed by atoms with van der Waals surface area (Å²) < 4.78 is 42.1. The molecular formula is C13H10F3N3O2. The van der Waals surface area contributed by atoms with E-state index in [0.29, 0.717) is 0 Å². The average molecular weight is 297 g/mol. The Bertz CT molecular complexity index is 600. The predicted octanol–water partition coefficient (Wildman–Crippen LogP) is 2.51. The molecule has 2 rings (SSSR count). The number of alkyl halides is 3. The summed E-state index contributed by atoms with van der Waals surface area (Å²) in [7, 11) is 0. The summed E-state index contributed by atoms with van der Waals surface area (Å²) in [5.41, 5.74) is -0.542. The summed E-state index contributed by atoms with van der Waals surface area (Å²) in [5, 5.41) is 2.40. The van der Waals surface area contributed by atoms with Gasteiger partial charge in [-0.15, -0.1) is 0 Å². The number of hydrogen-bond donors (Lipinski definition) is 1. The van der Waals surface area contributed by atoms with Crippen molar-refractivity contribution in [3.63, 3.8) is 0 Å². The lowest BCUT2D eigenvalue weighted by molar-refractivity contribution is -0.137. The first-order valence-corrected chi connectivity index (χ1v) is 5.82. The normalized spacial score (nSPS) is 11.0. The maximum absolute atomic E-state index is 12.4. The summed E-state index contributed by atoms with van der Waals surface area (Å²) in [6.45, 7) is -0.342. The number of aromatic nitrogens is 2. The van der Waals surface area contributed by atoms with E-state index in [1.165, 1.54) is 24.5 Å². The van der Waals surface area contributed by atoms with Gasteiger partial charge in [-0.3, -0.25) is 4.79 Å². The molecule has 5 nitrogen and oxygen atoms in total. The van der Waals surface area contributed by atoms with E-state index in [-0.39, 0.29) is 18.3 Å². The van der Waals surface area contributed by atoms with E-state index in [9.17, 15) is 18.0 Å². The standard InChI is InChI=1S/C13H10F3N3O2/c14-13(15,16)9-2-4-10(5-3-9)19-11(20)8-21-12-17-6-1-7-18-12/h1-7H,8H2,(H,19,20). The number of nitrogens with one attached hydrogen (secondary N) is 1. The van der Waals surface area contributed by atoms with Crippen molar-refractivity contribution in [3.05, 3.63) is 48.3 Å². The van der Waals surface area contributed by atoms with Crippen LogP contribution < -0.4 is 10.1 Å². The fourth-order valence-electron chi connectivity index (χ4n) is 1.43. The topological polar surface area (TPSA) is 64.1 Å². The quantitative estimate of drug-likeness (QED) is 0.941. The van der Waals surface area contributed by atoms with Crippen molar-refractivity contribution < 1.29 is 22.7 Å². The Balaban J connectivity index is 1.88. The monoisotopic (exact) mass is 297 g/mol. The minimum Gasteiger partial charge on any atom is -0.453 e. The highest BCUT2D eigenvalue weighted by atomic mass is 19.4. The lowest BCUT2D eigenvalue weighted by Crippen LogP contribution is -2.20. The van der Waals surface area contributed by atoms with E-state index in [1.807, 2.05) is 0 Å². The minimum absolute atomic E-state index is 0.0417. The molecule has 1 aromatic carbocycles. The zero-order valence-corrected chi connectivity index (χ0v) is 10.6. The van der Waals surface area contributed by atoms with Crippen LogP contribution in [0.25, 0.3) is 0 Å². The highest BCUT2D eigenvalue weighted by Crippen LogP contribution is 2.29. The fraction of sp³-hybridized carbons (Fsp3) is 0.154. The van der Waals surface area contributed by atoms with Gasteiger partial charge in [-0.05, 0) is 30.3 Å². The summed E-state index contributed by atoms with van der Waals surface area (Å²) in [5.74, 6) is -0.526. The Kier molecular flexibility index (Phi) is 4.36. The molecular weight excluding hydrogens is 287 g/mol. The molecule has 1 N–H and O–H groups in total. The van der Waals surface area contributed by atoms with Crippen molar-refractivity contribution >= 4 is 11.6 Å². The van der Waals surface area contributed by atoms with Crippen LogP contribution in [0.1, 0.15) is 5.56 Å². The van der Waals surface area contributed by atoms with Crippen LogP contribution in [-0.2, 0) is 11.0 Å². The van der Waals surface area contributed by atoms with Crippen LogP contribution >= 0.6 is 0 Å². The van der Waals surface area contributed by atoms with Crippen LogP contribution in [0.4, 0.5) is 18.9 Å². The van der Waals surface area contributed by atoms with Crippen molar-refractivity contribution in [2.24, 2.45) is 0 Å². The van der Waals surface area contributed by atoms with Crippen LogP contribution in [0.15, 0.2) is 42.7 Å². The molecule has 1 amide bonds. The van der Waals surface area contributed by atoms with E-state index in [2.05, 4.69) is 15.3 Å². The molecule has 21 heavy (non-hydrogen) atoms. The van der Waals surface area contributed by atoms with E-state index in [4.69, 9.17) is 4.74 Å². The van der Waals surface area contributed by atoms with Gasteiger partial charge in [-0.25, -0.2) is 9.97 Å². The van der Waals surface area contributed by atoms with Gasteiger partial charge in [-0.1, -0.05) is 0 Å². The van der Waals surface area contributed by atoms with Crippen molar-refractivity contribution in [2.75, 3.05) is 11.9 Å². The second kappa shape index (κ2) is 6.21. The highest BCUT2D eigenvalue weighted by Gasteiger charge is 2.29. The molecule has 0 saturated carbocycles. The summed E-state index contributed by atoms with van der Waals surface area (Å²) in [6.07, 6.45) is -1.50. The zero-order valence-electron chi connectivity index (χ0n) is 10.6. The van der Waals surface area contributed by atoms with Crippen LogP contribution in [0, 0.1) is 0 Å². The summed E-state index contributed by atoms with van der Waals surface area (Å²) >= 11 is 0. The van der Waals surface area contributed by atoms with E-state index >= 15 is 0 Å². The molecule has 0 aliphatic heterocycles. The second-order valence-electron chi connectivity index (χ2n) is 3.94. The van der Waals surface area contributed by atoms with Gasteiger partial charge in [0.1, 0.15) is 0 Å². The van der Waals surface area contributed by atoms with Crippen LogP contribution in [0.2, 0.25) is 0 Å². The molecule has 1 heterocycles. The van der Waals surface area contributed by atoms with Gasteiger partial charge in [0, 0.05) is 18.1 Å². The first-order chi connectivity index (χ1) is 9.95. The van der Waals surface area contributed by atoms with Crippen molar-refractivity contribution in [1.82, 2.24) is 9.97 Å². The third-order valence-electron chi connectivity index (χ3n) is 2.37. The molecule has 0 bridgehead atoms. The molecule has 0 saturated heterocycles. The smallest absolute Gasteiger partial charge is 0.416 e. The van der Waals surface area contributed by atoms with Gasteiger partial charge < -0.3 is 10.1 Å². The van der Waals surface area contributed by atoms with Crippen molar-refractivity contribution in [3.8, 4) is 6.01 Å². The first-order valence-electron chi connectivity index (χ1n) is 5.82. The number of rotatable bonds is 4. The molecule has 2 aromatic rings. The van der Waals surface area contributed by atoms with Gasteiger partial charge in [0.25, 0.3) is 5.91 Å². The van der Waals surface area contributed by atoms with Crippen molar-refractivity contribution in [2.45, 2.75) is 6.18 Å². The number of benzene rings is 1. The predicted molar refractivity (Wildman–Crippen MR) is 67.6 cm³/mol. The average Bonchev–Trinajstić information content (AvgIpc) is 2.46. The Morgan fingerprint density at radius 1 is 1.14 bits per heavy atom. The highest BCUT2D eigenvalue weighted by molar-refractivity contribution is 5.91. The number of carbonyl (C=O) groups excluding carboxylic acids is 1. The molecule has 110 valence electrons. The molecule has 0 atom stereocenters. The zero-order chi connectivity index (χ0) is 15.3. The molecule has 0 spiro atoms. The number of amides is 1. The number of anilines is 1. The van der Waals surface area contributed by atoms with Crippen molar-refractivity contribution in [1.29, 1.82) is 0 Å². The lowest BCUT2D eigenvalue weighted by Gasteiger charge is -2.09. The number of nitrogens with zero attached hydrogens (tertiary/aromatic N) is 2. The summed E-state index contributed by atoms with van der Waals surface area (Å²) in [4.78, 5) is 19.1. The fourth-order valence-corrected chi connectivity index (χ4v) is 1.43. The number of carbonyl (C=O) groups is 1. The Hall–Kier alpha value is -2.64. The minimum atomic E-state index is -4.41. The molecule has 0 unspecified atom stereocenters. The van der Waals surface area contributed by atoms with Gasteiger partial charge in [0.05, 0.1) is 5.56 Å². The number of hydrogen-bond acceptors (Lipinski definition) is 4. The molecule has 0 radical (unpaired) electrons. The third-order valence-corrected chi connectivity index (χ3v) is 2.37.